The van der Waals surface area contributed by atoms with Crippen molar-refractivity contribution < 1.29 is 14.7 Å². The van der Waals surface area contributed by atoms with Gasteiger partial charge in [-0.1, -0.05) is 31.5 Å². The average Bonchev–Trinajstić information content (AvgIpc) is 3.03. The molecule has 0 saturated carbocycles. The molecule has 1 aromatic carbocycles. The topological polar surface area (TPSA) is 73.7 Å². The van der Waals surface area contributed by atoms with Crippen LogP contribution < -0.4 is 0 Å². The number of rotatable bonds is 8. The average molecular weight is 422 g/mol. The van der Waals surface area contributed by atoms with E-state index in [2.05, 4.69) is 23.7 Å². The third-order valence-corrected chi connectivity index (χ3v) is 5.98. The van der Waals surface area contributed by atoms with Gasteiger partial charge >= 0.3 is 0 Å². The quantitative estimate of drug-likeness (QED) is 0.398. The molecular formula is C25H31N3O3. The van der Waals surface area contributed by atoms with E-state index in [1.54, 1.807) is 29.4 Å². The number of carbonyl (C=O) groups is 2. The Morgan fingerprint density at radius 3 is 2.42 bits per heavy atom. The molecule has 0 bridgehead atoms. The van der Waals surface area contributed by atoms with Crippen LogP contribution in [0.25, 0.3) is 5.76 Å². The third kappa shape index (κ3) is 4.69. The normalized spacial score (nSPS) is 18.2. The van der Waals surface area contributed by atoms with Gasteiger partial charge in [0, 0.05) is 24.5 Å². The number of aryl methyl sites for hydroxylation is 2. The molecule has 164 valence electrons. The smallest absolute Gasteiger partial charge is 0.295 e. The third-order valence-electron chi connectivity index (χ3n) is 5.98. The molecule has 1 amide bonds. The van der Waals surface area contributed by atoms with E-state index < -0.39 is 17.7 Å². The second kappa shape index (κ2) is 9.88. The van der Waals surface area contributed by atoms with E-state index in [1.807, 2.05) is 32.0 Å². The molecule has 1 saturated heterocycles. The van der Waals surface area contributed by atoms with Gasteiger partial charge in [0.25, 0.3) is 11.7 Å². The highest BCUT2D eigenvalue weighted by molar-refractivity contribution is 6.46. The lowest BCUT2D eigenvalue weighted by Crippen LogP contribution is -2.33. The van der Waals surface area contributed by atoms with Crippen LogP contribution in [-0.4, -0.2) is 57.8 Å². The number of carbonyl (C=O) groups excluding carboxylic acids is 2. The van der Waals surface area contributed by atoms with Gasteiger partial charge in [-0.25, -0.2) is 0 Å². The number of likely N-dealkylation sites (tertiary alicyclic amines) is 1. The molecule has 2 aromatic rings. The van der Waals surface area contributed by atoms with E-state index in [0.717, 1.165) is 42.7 Å². The zero-order valence-electron chi connectivity index (χ0n) is 18.8. The molecule has 6 heteroatoms. The number of Topliss-reactive ketones (excluding diaryl/α,β-unsaturated/α-hetero) is 1. The summed E-state index contributed by atoms with van der Waals surface area (Å²) in [6.45, 7) is 11.2. The van der Waals surface area contributed by atoms with E-state index in [9.17, 15) is 14.7 Å². The van der Waals surface area contributed by atoms with Crippen molar-refractivity contribution in [3.05, 3.63) is 70.6 Å². The van der Waals surface area contributed by atoms with Crippen molar-refractivity contribution in [2.24, 2.45) is 0 Å². The fourth-order valence-corrected chi connectivity index (χ4v) is 4.14. The summed E-state index contributed by atoms with van der Waals surface area (Å²) in [5.74, 6) is -1.32. The Morgan fingerprint density at radius 2 is 1.77 bits per heavy atom. The van der Waals surface area contributed by atoms with E-state index in [4.69, 9.17) is 0 Å². The Hall–Kier alpha value is -2.99. The first kappa shape index (κ1) is 22.7. The summed E-state index contributed by atoms with van der Waals surface area (Å²) < 4.78 is 0. The predicted octanol–water partition coefficient (Wildman–Crippen LogP) is 3.85. The number of pyridine rings is 1. The van der Waals surface area contributed by atoms with Crippen molar-refractivity contribution in [1.29, 1.82) is 0 Å². The minimum atomic E-state index is -0.636. The van der Waals surface area contributed by atoms with Crippen LogP contribution in [0.3, 0.4) is 0 Å². The van der Waals surface area contributed by atoms with Gasteiger partial charge in [0.2, 0.25) is 0 Å². The highest BCUT2D eigenvalue weighted by Crippen LogP contribution is 2.39. The number of amides is 1. The number of aliphatic hydroxyl groups excluding tert-OH is 1. The van der Waals surface area contributed by atoms with E-state index in [-0.39, 0.29) is 11.3 Å². The number of benzene rings is 1. The monoisotopic (exact) mass is 421 g/mol. The van der Waals surface area contributed by atoms with Crippen LogP contribution in [0.5, 0.6) is 0 Å². The second-order valence-corrected chi connectivity index (χ2v) is 7.97. The molecule has 1 fully saturated rings. The zero-order valence-corrected chi connectivity index (χ0v) is 18.8. The van der Waals surface area contributed by atoms with E-state index in [0.29, 0.717) is 12.1 Å². The molecule has 0 aliphatic carbocycles. The van der Waals surface area contributed by atoms with Crippen molar-refractivity contribution in [2.45, 2.75) is 40.2 Å². The van der Waals surface area contributed by atoms with Crippen molar-refractivity contribution >= 4 is 17.4 Å². The minimum Gasteiger partial charge on any atom is -0.507 e. The van der Waals surface area contributed by atoms with E-state index >= 15 is 0 Å². The van der Waals surface area contributed by atoms with Crippen LogP contribution in [-0.2, 0) is 9.59 Å². The molecular weight excluding hydrogens is 390 g/mol. The number of nitrogens with zero attached hydrogens (tertiary/aromatic N) is 3. The van der Waals surface area contributed by atoms with Crippen molar-refractivity contribution in [1.82, 2.24) is 14.8 Å². The first-order valence-corrected chi connectivity index (χ1v) is 10.9. The lowest BCUT2D eigenvalue weighted by Gasteiger charge is -2.26. The van der Waals surface area contributed by atoms with Gasteiger partial charge < -0.3 is 14.9 Å². The molecule has 1 aromatic heterocycles. The van der Waals surface area contributed by atoms with Crippen LogP contribution in [0.15, 0.2) is 48.3 Å². The molecule has 1 N–H and O–H groups in total. The molecule has 6 nitrogen and oxygen atoms in total. The summed E-state index contributed by atoms with van der Waals surface area (Å²) in [6.07, 6.45) is 4.03. The largest absolute Gasteiger partial charge is 0.507 e. The van der Waals surface area contributed by atoms with E-state index in [1.165, 1.54) is 0 Å². The summed E-state index contributed by atoms with van der Waals surface area (Å²) in [5.41, 5.74) is 3.32. The van der Waals surface area contributed by atoms with Gasteiger partial charge in [0.15, 0.2) is 0 Å². The molecule has 1 unspecified atom stereocenters. The molecule has 31 heavy (non-hydrogen) atoms. The fraction of sp³-hybridized carbons (Fsp3) is 0.400. The van der Waals surface area contributed by atoms with Crippen LogP contribution in [0.2, 0.25) is 0 Å². The van der Waals surface area contributed by atoms with Gasteiger partial charge in [-0.15, -0.1) is 0 Å². The number of hydrogen-bond donors (Lipinski definition) is 1. The summed E-state index contributed by atoms with van der Waals surface area (Å²) >= 11 is 0. The van der Waals surface area contributed by atoms with Crippen molar-refractivity contribution in [3.63, 3.8) is 0 Å². The summed E-state index contributed by atoms with van der Waals surface area (Å²) in [6, 6.07) is 8.68. The minimum absolute atomic E-state index is 0.118. The maximum absolute atomic E-state index is 13.1. The number of aromatic nitrogens is 1. The summed E-state index contributed by atoms with van der Waals surface area (Å²) in [7, 11) is 0. The highest BCUT2D eigenvalue weighted by atomic mass is 16.3. The fourth-order valence-electron chi connectivity index (χ4n) is 4.14. The molecule has 1 aliphatic rings. The van der Waals surface area contributed by atoms with Crippen LogP contribution in [0.1, 0.15) is 48.6 Å². The Kier molecular flexibility index (Phi) is 7.23. The first-order valence-electron chi connectivity index (χ1n) is 10.9. The Bertz CT molecular complexity index is 981. The lowest BCUT2D eigenvalue weighted by atomic mass is 9.93. The lowest BCUT2D eigenvalue weighted by molar-refractivity contribution is -0.140. The maximum atomic E-state index is 13.1. The summed E-state index contributed by atoms with van der Waals surface area (Å²) in [5, 5.41) is 11.2. The van der Waals surface area contributed by atoms with Gasteiger partial charge in [0.1, 0.15) is 5.76 Å². The van der Waals surface area contributed by atoms with Gasteiger partial charge in [-0.2, -0.15) is 0 Å². The number of hydrogen-bond acceptors (Lipinski definition) is 5. The molecule has 3 rings (SSSR count). The molecule has 0 radical (unpaired) electrons. The van der Waals surface area contributed by atoms with Crippen LogP contribution >= 0.6 is 0 Å². The van der Waals surface area contributed by atoms with Crippen LogP contribution in [0, 0.1) is 13.8 Å². The maximum Gasteiger partial charge on any atom is 0.295 e. The highest BCUT2D eigenvalue weighted by Gasteiger charge is 2.45. The SMILES string of the molecule is CCN(CC)CCCN1C(=O)C(=O)/C(=C(/O)c2cc(C)ccc2C)C1c1ccncc1. The molecule has 2 heterocycles. The standard InChI is InChI=1S/C25H31N3O3/c1-5-27(6-2)14-7-15-28-22(19-10-12-26-13-11-19)21(24(30)25(28)31)23(29)20-16-17(3)8-9-18(20)4/h8-13,16,22,29H,5-7,14-15H2,1-4H3/b23-21+. The van der Waals surface area contributed by atoms with Crippen molar-refractivity contribution in [2.75, 3.05) is 26.2 Å². The Morgan fingerprint density at radius 1 is 1.10 bits per heavy atom. The van der Waals surface area contributed by atoms with Gasteiger partial charge in [-0.3, -0.25) is 14.6 Å². The first-order chi connectivity index (χ1) is 14.9. The second-order valence-electron chi connectivity index (χ2n) is 7.97. The zero-order chi connectivity index (χ0) is 22.5. The predicted molar refractivity (Wildman–Crippen MR) is 122 cm³/mol. The number of aliphatic hydroxyl groups is 1. The molecule has 1 atom stereocenters. The summed E-state index contributed by atoms with van der Waals surface area (Å²) in [4.78, 5) is 34.0. The number of ketones is 1. The van der Waals surface area contributed by atoms with Crippen LogP contribution in [0.4, 0.5) is 0 Å². The molecule has 1 aliphatic heterocycles. The van der Waals surface area contributed by atoms with Crippen molar-refractivity contribution in [3.8, 4) is 0 Å². The Balaban J connectivity index is 2.04. The van der Waals surface area contributed by atoms with Gasteiger partial charge in [-0.05, 0) is 69.2 Å². The molecule has 0 spiro atoms. The Labute approximate surface area is 184 Å². The van der Waals surface area contributed by atoms with Gasteiger partial charge in [0.05, 0.1) is 11.6 Å².